The number of esters is 1. The maximum absolute atomic E-state index is 12.5. The summed E-state index contributed by atoms with van der Waals surface area (Å²) < 4.78 is 10.0. The lowest BCUT2D eigenvalue weighted by Crippen LogP contribution is -2.35. The highest BCUT2D eigenvalue weighted by Crippen LogP contribution is 2.30. The predicted molar refractivity (Wildman–Crippen MR) is 103 cm³/mol. The van der Waals surface area contributed by atoms with Gasteiger partial charge in [0.15, 0.2) is 6.61 Å². The fourth-order valence-corrected chi connectivity index (χ4v) is 3.08. The molecule has 4 rings (SSSR count). The molecular weight excluding hydrogens is 432 g/mol. The monoisotopic (exact) mass is 442 g/mol. The van der Waals surface area contributed by atoms with Crippen LogP contribution in [-0.4, -0.2) is 44.3 Å². The number of fused-ring (bicyclic) bond motifs is 1. The van der Waals surface area contributed by atoms with E-state index in [1.165, 1.54) is 12.1 Å². The zero-order chi connectivity index (χ0) is 22.1. The highest BCUT2D eigenvalue weighted by Gasteiger charge is 2.41. The molecule has 1 aromatic heterocycles. The first-order valence-electron chi connectivity index (χ1n) is 8.73. The predicted octanol–water partition coefficient (Wildman–Crippen LogP) is 2.64. The topological polar surface area (TPSA) is 146 Å². The van der Waals surface area contributed by atoms with E-state index in [0.29, 0.717) is 15.5 Å². The van der Waals surface area contributed by atoms with E-state index in [2.05, 4.69) is 10.1 Å². The van der Waals surface area contributed by atoms with Crippen LogP contribution in [0.15, 0.2) is 47.0 Å². The van der Waals surface area contributed by atoms with Gasteiger partial charge in [0.05, 0.1) is 10.5 Å². The van der Waals surface area contributed by atoms with Crippen LogP contribution in [0.4, 0.5) is 5.69 Å². The van der Waals surface area contributed by atoms with Crippen molar-refractivity contribution in [1.82, 2.24) is 15.0 Å². The lowest BCUT2D eigenvalue weighted by molar-refractivity contribution is -0.385. The van der Waals surface area contributed by atoms with Crippen LogP contribution in [0.5, 0.6) is 0 Å². The van der Waals surface area contributed by atoms with E-state index in [1.807, 2.05) is 0 Å². The number of ether oxygens (including phenoxy) is 1. The van der Waals surface area contributed by atoms with Crippen LogP contribution in [0.25, 0.3) is 11.4 Å². The Morgan fingerprint density at radius 3 is 2.61 bits per heavy atom. The van der Waals surface area contributed by atoms with E-state index in [1.54, 1.807) is 24.3 Å². The Hall–Kier alpha value is -4.12. The zero-order valence-corrected chi connectivity index (χ0v) is 16.2. The molecule has 0 unspecified atom stereocenters. The fraction of sp³-hybridized carbons (Fsp3) is 0.105. The van der Waals surface area contributed by atoms with Gasteiger partial charge < -0.3 is 9.26 Å². The van der Waals surface area contributed by atoms with Gasteiger partial charge in [-0.05, 0) is 30.3 Å². The van der Waals surface area contributed by atoms with Crippen LogP contribution in [0, 0.1) is 10.1 Å². The number of carbonyl (C=O) groups is 3. The highest BCUT2D eigenvalue weighted by atomic mass is 35.5. The van der Waals surface area contributed by atoms with E-state index in [9.17, 15) is 24.5 Å². The van der Waals surface area contributed by atoms with Gasteiger partial charge in [0.25, 0.3) is 23.4 Å². The van der Waals surface area contributed by atoms with E-state index >= 15 is 0 Å². The molecule has 1 aliphatic heterocycles. The lowest BCUT2D eigenvalue weighted by atomic mass is 10.1. The van der Waals surface area contributed by atoms with Crippen LogP contribution in [0.3, 0.4) is 0 Å². The molecule has 0 aliphatic carbocycles. The molecule has 0 bridgehead atoms. The van der Waals surface area contributed by atoms with Crippen molar-refractivity contribution >= 4 is 35.1 Å². The molecule has 2 aromatic carbocycles. The Labute approximate surface area is 178 Å². The summed E-state index contributed by atoms with van der Waals surface area (Å²) in [7, 11) is 0. The minimum Gasteiger partial charge on any atom is -0.454 e. The molecule has 31 heavy (non-hydrogen) atoms. The summed E-state index contributed by atoms with van der Waals surface area (Å²) in [5.74, 6) is -2.43. The van der Waals surface area contributed by atoms with Gasteiger partial charge in [0.2, 0.25) is 5.82 Å². The summed E-state index contributed by atoms with van der Waals surface area (Å²) in [6, 6.07) is 10.4. The summed E-state index contributed by atoms with van der Waals surface area (Å²) in [6.45, 7) is -1.11. The Bertz CT molecular complexity index is 1220. The number of aromatic nitrogens is 2. The Kier molecular flexibility index (Phi) is 5.17. The van der Waals surface area contributed by atoms with Crippen molar-refractivity contribution in [3.05, 3.63) is 74.6 Å². The van der Waals surface area contributed by atoms with Gasteiger partial charge in [0, 0.05) is 16.7 Å². The van der Waals surface area contributed by atoms with Crippen molar-refractivity contribution in [2.24, 2.45) is 0 Å². The third-order valence-corrected chi connectivity index (χ3v) is 4.64. The minimum absolute atomic E-state index is 0.00343. The van der Waals surface area contributed by atoms with Crippen molar-refractivity contribution in [2.45, 2.75) is 6.61 Å². The fourth-order valence-electron chi connectivity index (χ4n) is 2.96. The van der Waals surface area contributed by atoms with Gasteiger partial charge in [-0.3, -0.25) is 29.4 Å². The molecule has 2 amide bonds. The molecule has 0 saturated heterocycles. The van der Waals surface area contributed by atoms with Crippen LogP contribution >= 0.6 is 11.6 Å². The smallest absolute Gasteiger partial charge is 0.326 e. The first-order chi connectivity index (χ1) is 14.8. The van der Waals surface area contributed by atoms with Gasteiger partial charge in [-0.25, -0.2) is 0 Å². The van der Waals surface area contributed by atoms with E-state index in [-0.39, 0.29) is 29.4 Å². The minimum atomic E-state index is -0.938. The van der Waals surface area contributed by atoms with E-state index in [4.69, 9.17) is 20.9 Å². The largest absolute Gasteiger partial charge is 0.454 e. The summed E-state index contributed by atoms with van der Waals surface area (Å²) in [5, 5.41) is 15.4. The van der Waals surface area contributed by atoms with Crippen LogP contribution in [0.1, 0.15) is 26.6 Å². The first kappa shape index (κ1) is 20.2. The maximum Gasteiger partial charge on any atom is 0.326 e. The van der Waals surface area contributed by atoms with Gasteiger partial charge in [0.1, 0.15) is 12.1 Å². The molecule has 2 heterocycles. The number of nitro groups is 1. The highest BCUT2D eigenvalue weighted by molar-refractivity contribution is 6.30. The van der Waals surface area contributed by atoms with Gasteiger partial charge >= 0.3 is 5.97 Å². The van der Waals surface area contributed by atoms with E-state index < -0.39 is 34.9 Å². The van der Waals surface area contributed by atoms with Crippen LogP contribution in [-0.2, 0) is 16.1 Å². The second kappa shape index (κ2) is 7.95. The van der Waals surface area contributed by atoms with Gasteiger partial charge in [-0.1, -0.05) is 22.8 Å². The summed E-state index contributed by atoms with van der Waals surface area (Å²) >= 11 is 5.83. The normalized spacial score (nSPS) is 12.7. The Morgan fingerprint density at radius 2 is 1.90 bits per heavy atom. The molecule has 0 fully saturated rings. The number of nitrogens with zero attached hydrogens (tertiary/aromatic N) is 4. The summed E-state index contributed by atoms with van der Waals surface area (Å²) in [5.41, 5.74) is -0.364. The number of halogens is 1. The molecule has 0 radical (unpaired) electrons. The van der Waals surface area contributed by atoms with Crippen molar-refractivity contribution < 1.29 is 28.6 Å². The first-order valence-corrected chi connectivity index (χ1v) is 9.10. The number of rotatable bonds is 6. The third-order valence-electron chi connectivity index (χ3n) is 4.39. The van der Waals surface area contributed by atoms with Crippen LogP contribution < -0.4 is 0 Å². The quantitative estimate of drug-likeness (QED) is 0.243. The number of nitro benzene ring substituents is 1. The summed E-state index contributed by atoms with van der Waals surface area (Å²) in [4.78, 5) is 52.0. The molecule has 0 saturated carbocycles. The second-order valence-corrected chi connectivity index (χ2v) is 6.77. The molecule has 11 nitrogen and oxygen atoms in total. The number of imide groups is 1. The van der Waals surface area contributed by atoms with Crippen molar-refractivity contribution in [2.75, 3.05) is 6.54 Å². The molecule has 0 atom stereocenters. The standard InChI is InChI=1S/C19H11ClN4O7/c20-11-6-4-10(5-7-11)17-21-14(31-22-17)9-30-15(25)8-23-18(26)12-2-1-3-13(24(28)29)16(12)19(23)27/h1-7H,8-9H2. The summed E-state index contributed by atoms with van der Waals surface area (Å²) in [6.07, 6.45) is 0. The Balaban J connectivity index is 1.40. The maximum atomic E-state index is 12.5. The lowest BCUT2D eigenvalue weighted by Gasteiger charge is -2.12. The number of carbonyl (C=O) groups excluding carboxylic acids is 3. The molecule has 3 aromatic rings. The molecule has 0 N–H and O–H groups in total. The van der Waals surface area contributed by atoms with Crippen molar-refractivity contribution in [3.8, 4) is 11.4 Å². The SMILES string of the molecule is O=C(CN1C(=O)c2cccc([N+](=O)[O-])c2C1=O)OCc1nc(-c2ccc(Cl)cc2)no1. The average Bonchev–Trinajstić information content (AvgIpc) is 3.32. The number of benzene rings is 2. The Morgan fingerprint density at radius 1 is 1.16 bits per heavy atom. The number of amides is 2. The van der Waals surface area contributed by atoms with Gasteiger partial charge in [-0.15, -0.1) is 0 Å². The number of hydrogen-bond donors (Lipinski definition) is 0. The van der Waals surface area contributed by atoms with Crippen LogP contribution in [0.2, 0.25) is 5.02 Å². The second-order valence-electron chi connectivity index (χ2n) is 6.33. The molecule has 0 spiro atoms. The van der Waals surface area contributed by atoms with Crippen molar-refractivity contribution in [1.29, 1.82) is 0 Å². The molecule has 1 aliphatic rings. The molecular formula is C19H11ClN4O7. The molecule has 156 valence electrons. The average molecular weight is 443 g/mol. The van der Waals surface area contributed by atoms with Crippen molar-refractivity contribution in [3.63, 3.8) is 0 Å². The number of hydrogen-bond acceptors (Lipinski definition) is 9. The van der Waals surface area contributed by atoms with E-state index in [0.717, 1.165) is 6.07 Å². The van der Waals surface area contributed by atoms with Gasteiger partial charge in [-0.2, -0.15) is 4.98 Å². The molecule has 12 heteroatoms. The third kappa shape index (κ3) is 3.85. The zero-order valence-electron chi connectivity index (χ0n) is 15.5.